The van der Waals surface area contributed by atoms with E-state index in [1.54, 1.807) is 4.90 Å². The van der Waals surface area contributed by atoms with Crippen LogP contribution in [-0.2, 0) is 9.59 Å². The number of imidazole rings is 1. The normalized spacial score (nSPS) is 14.9. The number of piperidine rings is 1. The summed E-state index contributed by atoms with van der Waals surface area (Å²) in [6.07, 6.45) is 2.39. The molecule has 0 radical (unpaired) electrons. The minimum atomic E-state index is -0.187. The number of rotatable bonds is 8. The lowest BCUT2D eigenvalue weighted by atomic mass is 10.0. The molecule has 1 aromatic heterocycles. The topological polar surface area (TPSA) is 90.4 Å². The number of aromatic nitrogens is 2. The molecular formula is C26H33N5O3. The fraction of sp³-hybridized carbons (Fsp3) is 0.423. The van der Waals surface area contributed by atoms with Crippen LogP contribution in [0.15, 0.2) is 53.3 Å². The Labute approximate surface area is 199 Å². The fourth-order valence-electron chi connectivity index (χ4n) is 4.70. The second-order valence-electron chi connectivity index (χ2n) is 9.00. The Morgan fingerprint density at radius 3 is 2.53 bits per heavy atom. The Hall–Kier alpha value is -3.39. The van der Waals surface area contributed by atoms with E-state index in [1.807, 2.05) is 66.9 Å². The van der Waals surface area contributed by atoms with E-state index in [0.29, 0.717) is 6.54 Å². The van der Waals surface area contributed by atoms with Gasteiger partial charge in [0.15, 0.2) is 0 Å². The molecule has 2 amide bonds. The number of nitrogens with one attached hydrogen (secondary N) is 2. The first-order valence-corrected chi connectivity index (χ1v) is 12.0. The molecule has 1 fully saturated rings. The average Bonchev–Trinajstić information content (AvgIpc) is 3.16. The van der Waals surface area contributed by atoms with Crippen molar-refractivity contribution in [2.45, 2.75) is 39.2 Å². The highest BCUT2D eigenvalue weighted by Crippen LogP contribution is 2.24. The number of aromatic amines is 1. The molecule has 180 valence electrons. The number of likely N-dealkylation sites (tertiary alicyclic amines) is 1. The largest absolute Gasteiger partial charge is 0.332 e. The number of anilines is 1. The number of H-pyrrole nitrogens is 1. The Morgan fingerprint density at radius 2 is 1.79 bits per heavy atom. The van der Waals surface area contributed by atoms with Crippen molar-refractivity contribution in [3.05, 3.63) is 64.6 Å². The van der Waals surface area contributed by atoms with Crippen LogP contribution in [-0.4, -0.2) is 63.9 Å². The van der Waals surface area contributed by atoms with Gasteiger partial charge in [0.2, 0.25) is 11.8 Å². The quantitative estimate of drug-likeness (QED) is 0.537. The van der Waals surface area contributed by atoms with E-state index in [4.69, 9.17) is 0 Å². The van der Waals surface area contributed by atoms with Crippen LogP contribution >= 0.6 is 0 Å². The van der Waals surface area contributed by atoms with Gasteiger partial charge in [0.05, 0.1) is 24.1 Å². The molecular weight excluding hydrogens is 430 g/mol. The van der Waals surface area contributed by atoms with Crippen LogP contribution in [0.1, 0.15) is 37.8 Å². The summed E-state index contributed by atoms with van der Waals surface area (Å²) in [6.45, 7) is 6.29. The van der Waals surface area contributed by atoms with Crippen molar-refractivity contribution in [2.75, 3.05) is 38.0 Å². The maximum absolute atomic E-state index is 13.0. The zero-order valence-corrected chi connectivity index (χ0v) is 19.9. The van der Waals surface area contributed by atoms with Gasteiger partial charge < -0.3 is 15.2 Å². The second kappa shape index (κ2) is 10.7. The van der Waals surface area contributed by atoms with E-state index in [1.165, 1.54) is 0 Å². The minimum Gasteiger partial charge on any atom is -0.332 e. The Balaban J connectivity index is 1.33. The lowest BCUT2D eigenvalue weighted by Crippen LogP contribution is -2.46. The number of aryl methyl sites for hydroxylation is 1. The molecule has 8 nitrogen and oxygen atoms in total. The summed E-state index contributed by atoms with van der Waals surface area (Å²) in [7, 11) is 0. The molecule has 4 rings (SSSR count). The highest BCUT2D eigenvalue weighted by Gasteiger charge is 2.26. The number of hydrogen-bond donors (Lipinski definition) is 2. The van der Waals surface area contributed by atoms with Crippen molar-refractivity contribution < 1.29 is 9.59 Å². The molecule has 1 saturated heterocycles. The molecule has 8 heteroatoms. The summed E-state index contributed by atoms with van der Waals surface area (Å²) in [5, 5.41) is 2.92. The molecule has 2 N–H and O–H groups in total. The molecule has 0 bridgehead atoms. The summed E-state index contributed by atoms with van der Waals surface area (Å²) < 4.78 is 1.85. The SMILES string of the molecule is CCCN(CC(=O)Nc1ccccc1C)C(=O)CN1CCC(n2c(=O)[nH]c3ccccc32)CC1. The summed E-state index contributed by atoms with van der Waals surface area (Å²) in [4.78, 5) is 44.9. The molecule has 2 aromatic carbocycles. The number of amides is 2. The van der Waals surface area contributed by atoms with Crippen molar-refractivity contribution in [3.63, 3.8) is 0 Å². The van der Waals surface area contributed by atoms with Gasteiger partial charge in [-0.3, -0.25) is 19.1 Å². The number of hydrogen-bond acceptors (Lipinski definition) is 4. The standard InChI is InChI=1S/C26H33N5O3/c1-3-14-30(17-24(32)27-21-9-5-4-8-19(21)2)25(33)18-29-15-12-20(13-16-29)31-23-11-7-6-10-22(23)28-26(31)34/h4-11,20H,3,12-18H2,1-2H3,(H,27,32)(H,28,34). The third-order valence-electron chi connectivity index (χ3n) is 6.50. The third kappa shape index (κ3) is 5.39. The van der Waals surface area contributed by atoms with Crippen molar-refractivity contribution in [1.82, 2.24) is 19.4 Å². The summed E-state index contributed by atoms with van der Waals surface area (Å²) in [5.74, 6) is -0.224. The Kier molecular flexibility index (Phi) is 7.47. The van der Waals surface area contributed by atoms with Gasteiger partial charge in [-0.25, -0.2) is 4.79 Å². The number of para-hydroxylation sites is 3. The Morgan fingerprint density at radius 1 is 1.09 bits per heavy atom. The van der Waals surface area contributed by atoms with E-state index < -0.39 is 0 Å². The van der Waals surface area contributed by atoms with Crippen molar-refractivity contribution in [1.29, 1.82) is 0 Å². The maximum atomic E-state index is 13.0. The number of benzene rings is 2. The first-order chi connectivity index (χ1) is 16.5. The first kappa shape index (κ1) is 23.8. The molecule has 34 heavy (non-hydrogen) atoms. The Bertz CT molecular complexity index is 1210. The van der Waals surface area contributed by atoms with Gasteiger partial charge in [-0.2, -0.15) is 0 Å². The maximum Gasteiger partial charge on any atom is 0.326 e. The van der Waals surface area contributed by atoms with Gasteiger partial charge in [0.1, 0.15) is 0 Å². The van der Waals surface area contributed by atoms with Gasteiger partial charge >= 0.3 is 5.69 Å². The summed E-state index contributed by atoms with van der Waals surface area (Å²) in [6, 6.07) is 15.5. The lowest BCUT2D eigenvalue weighted by Gasteiger charge is -2.33. The molecule has 3 aromatic rings. The molecule has 0 spiro atoms. The van der Waals surface area contributed by atoms with E-state index in [-0.39, 0.29) is 36.6 Å². The molecule has 1 aliphatic heterocycles. The van der Waals surface area contributed by atoms with Gasteiger partial charge in [-0.05, 0) is 49.9 Å². The van der Waals surface area contributed by atoms with Gasteiger partial charge in [-0.15, -0.1) is 0 Å². The van der Waals surface area contributed by atoms with Crippen LogP contribution in [0.3, 0.4) is 0 Å². The van der Waals surface area contributed by atoms with Crippen LogP contribution in [0.4, 0.5) is 5.69 Å². The predicted molar refractivity (Wildman–Crippen MR) is 134 cm³/mol. The van der Waals surface area contributed by atoms with Crippen molar-refractivity contribution in [2.24, 2.45) is 0 Å². The number of fused-ring (bicyclic) bond motifs is 1. The van der Waals surface area contributed by atoms with Crippen LogP contribution in [0, 0.1) is 6.92 Å². The van der Waals surface area contributed by atoms with Gasteiger partial charge in [0.25, 0.3) is 0 Å². The minimum absolute atomic E-state index is 0.0375. The van der Waals surface area contributed by atoms with Crippen LogP contribution in [0.2, 0.25) is 0 Å². The highest BCUT2D eigenvalue weighted by molar-refractivity contribution is 5.95. The first-order valence-electron chi connectivity index (χ1n) is 12.0. The van der Waals surface area contributed by atoms with Crippen LogP contribution < -0.4 is 11.0 Å². The summed E-state index contributed by atoms with van der Waals surface area (Å²) >= 11 is 0. The van der Waals surface area contributed by atoms with Gasteiger partial charge in [-0.1, -0.05) is 37.3 Å². The zero-order chi connectivity index (χ0) is 24.1. The van der Waals surface area contributed by atoms with E-state index in [0.717, 1.165) is 54.6 Å². The summed E-state index contributed by atoms with van der Waals surface area (Å²) in [5.41, 5.74) is 3.46. The zero-order valence-electron chi connectivity index (χ0n) is 19.9. The molecule has 0 atom stereocenters. The highest BCUT2D eigenvalue weighted by atomic mass is 16.2. The van der Waals surface area contributed by atoms with Crippen molar-refractivity contribution >= 4 is 28.5 Å². The molecule has 0 unspecified atom stereocenters. The smallest absolute Gasteiger partial charge is 0.326 e. The fourth-order valence-corrected chi connectivity index (χ4v) is 4.70. The molecule has 2 heterocycles. The lowest BCUT2D eigenvalue weighted by molar-refractivity contribution is -0.136. The molecule has 0 saturated carbocycles. The molecule has 1 aliphatic rings. The van der Waals surface area contributed by atoms with Crippen molar-refractivity contribution in [3.8, 4) is 0 Å². The average molecular weight is 464 g/mol. The second-order valence-corrected chi connectivity index (χ2v) is 9.00. The number of carbonyl (C=O) groups excluding carboxylic acids is 2. The monoisotopic (exact) mass is 463 g/mol. The van der Waals surface area contributed by atoms with E-state index >= 15 is 0 Å². The van der Waals surface area contributed by atoms with Gasteiger partial charge in [0, 0.05) is 31.4 Å². The van der Waals surface area contributed by atoms with E-state index in [9.17, 15) is 14.4 Å². The molecule has 0 aliphatic carbocycles. The van der Waals surface area contributed by atoms with E-state index in [2.05, 4.69) is 15.2 Å². The number of nitrogens with zero attached hydrogens (tertiary/aromatic N) is 3. The number of carbonyl (C=O) groups is 2. The predicted octanol–water partition coefficient (Wildman–Crippen LogP) is 3.15. The van der Waals surface area contributed by atoms with Crippen LogP contribution in [0.25, 0.3) is 11.0 Å². The van der Waals surface area contributed by atoms with Crippen LogP contribution in [0.5, 0.6) is 0 Å². The third-order valence-corrected chi connectivity index (χ3v) is 6.50.